The second kappa shape index (κ2) is 7.31. The van der Waals surface area contributed by atoms with Crippen molar-refractivity contribution in [2.45, 2.75) is 17.4 Å². The van der Waals surface area contributed by atoms with Crippen LogP contribution in [0.25, 0.3) is 280 Å². The molecule has 28 aromatic carbocycles. The first-order valence-corrected chi connectivity index (χ1v) is 28.5. The standard InChI is InChI=1S/C73H17NO3/c1-76-71(75)12-4-2-3-11(9-12)10-72-65-57-48-41-28-21-15-16-18-14-13-17(15)26(28)32-30-19(13)23-20(14)31-33-27(18)29-22(16)25-24(21)35-43-36(25)45-42(29)49-47(33)51-38(31)40-34(23)39-37(30)50(46(32)48)61(65)63-52(39)53(40)64-62(51)66-58(49)55(45)60-56(43)59(54(57)44(35)41)67(72)69(60)73(66,70(64)68(63)72)74-5-7-77-8-6-74/h2-4,9H,5-8,10H2,1H3. The van der Waals surface area contributed by atoms with E-state index in [1.807, 2.05) is 6.07 Å². The SMILES string of the molecule is COC(=O)c1cccc(CC23c4c5c6c7c8c9c%10c%11c(c2c2c%12c3c3c%13c4c6c4c6c%13c%13c3c3c%12c%12c%14c2c%11c2c%11c%10c%10c8c8c7c4c4c6c6c%13c7c3c%12c3c(c%142)c2c%11c%10c%10c8c4c4c%10c2c3c7c64)C59N2CCOCC2)c1. The summed E-state index contributed by atoms with van der Waals surface area (Å²) in [6.07, 6.45) is 0.800. The molecule has 1 saturated heterocycles. The Morgan fingerprint density at radius 1 is 0.377 bits per heavy atom. The number of esters is 1. The predicted molar refractivity (Wildman–Crippen MR) is 316 cm³/mol. The second-order valence-electron chi connectivity index (χ2n) is 27.3. The maximum absolute atomic E-state index is 13.8. The highest BCUT2D eigenvalue weighted by Crippen LogP contribution is 2.84. The van der Waals surface area contributed by atoms with Crippen LogP contribution >= 0.6 is 0 Å². The van der Waals surface area contributed by atoms with Crippen molar-refractivity contribution in [1.82, 2.24) is 4.90 Å². The van der Waals surface area contributed by atoms with Gasteiger partial charge in [0.15, 0.2) is 0 Å². The fraction of sp³-hybridized carbons (Fsp3) is 0.110. The number of ether oxygens (including phenoxy) is 2. The molecular formula is C73H17NO3. The molecule has 77 heavy (non-hydrogen) atoms. The van der Waals surface area contributed by atoms with Gasteiger partial charge in [0.25, 0.3) is 0 Å². The Morgan fingerprint density at radius 3 is 1.03 bits per heavy atom. The monoisotopic (exact) mass is 955 g/mol. The van der Waals surface area contributed by atoms with E-state index < -0.39 is 11.0 Å². The molecule has 2 unspecified atom stereocenters. The zero-order chi connectivity index (χ0) is 46.6. The Morgan fingerprint density at radius 2 is 0.649 bits per heavy atom. The number of methoxy groups -OCH3 is 1. The van der Waals surface area contributed by atoms with Crippen molar-refractivity contribution < 1.29 is 14.3 Å². The molecule has 0 saturated carbocycles. The van der Waals surface area contributed by atoms with Gasteiger partial charge in [-0.3, -0.25) is 4.90 Å². The van der Waals surface area contributed by atoms with Crippen LogP contribution in [0.4, 0.5) is 0 Å². The van der Waals surface area contributed by atoms with Gasteiger partial charge in [0, 0.05) is 13.1 Å². The lowest BCUT2D eigenvalue weighted by molar-refractivity contribution is 0.00288. The minimum absolute atomic E-state index is 0.256. The van der Waals surface area contributed by atoms with Crippen LogP contribution in [-0.4, -0.2) is 44.3 Å². The van der Waals surface area contributed by atoms with Crippen molar-refractivity contribution in [2.24, 2.45) is 0 Å². The van der Waals surface area contributed by atoms with Crippen molar-refractivity contribution in [1.29, 1.82) is 0 Å². The number of carbonyl (C=O) groups is 1. The molecule has 0 bridgehead atoms. The highest BCUT2D eigenvalue weighted by Gasteiger charge is 2.68. The highest BCUT2D eigenvalue weighted by molar-refractivity contribution is 6.81. The summed E-state index contributed by atoms with van der Waals surface area (Å²) >= 11 is 0. The molecule has 0 radical (unpaired) electrons. The normalized spacial score (nSPS) is 22.2. The third kappa shape index (κ3) is 1.79. The number of nitrogens with zero attached hydrogens (tertiary/aromatic N) is 1. The van der Waals surface area contributed by atoms with Gasteiger partial charge in [-0.1, -0.05) is 12.1 Å². The molecule has 4 heteroatoms. The molecule has 4 nitrogen and oxygen atoms in total. The van der Waals surface area contributed by atoms with Gasteiger partial charge in [-0.2, -0.15) is 0 Å². The average Bonchev–Trinajstić information content (AvgIpc) is 2.38. The quantitative estimate of drug-likeness (QED) is 0.130. The van der Waals surface area contributed by atoms with Crippen LogP contribution in [0.15, 0.2) is 24.3 Å². The number of hydrogen-bond donors (Lipinski definition) is 0. The van der Waals surface area contributed by atoms with E-state index >= 15 is 0 Å². The zero-order valence-corrected chi connectivity index (χ0v) is 40.0. The van der Waals surface area contributed by atoms with Crippen molar-refractivity contribution in [3.63, 3.8) is 0 Å². The first-order valence-electron chi connectivity index (χ1n) is 28.5. The Bertz CT molecular complexity index is 7730. The minimum Gasteiger partial charge on any atom is -0.465 e. The topological polar surface area (TPSA) is 38.8 Å². The number of hydrogen-bond acceptors (Lipinski definition) is 4. The van der Waals surface area contributed by atoms with E-state index in [4.69, 9.17) is 9.47 Å². The molecule has 1 fully saturated rings. The fourth-order valence-electron chi connectivity index (χ4n) is 26.2. The van der Waals surface area contributed by atoms with Crippen molar-refractivity contribution in [2.75, 3.05) is 33.4 Å². The predicted octanol–water partition coefficient (Wildman–Crippen LogP) is 17.3. The molecular weight excluding hydrogens is 939 g/mol. The van der Waals surface area contributed by atoms with E-state index in [-0.39, 0.29) is 5.97 Å². The van der Waals surface area contributed by atoms with Gasteiger partial charge in [0.2, 0.25) is 0 Å². The van der Waals surface area contributed by atoms with Crippen molar-refractivity contribution in [3.05, 3.63) is 68.8 Å². The molecule has 34 rings (SSSR count). The highest BCUT2D eigenvalue weighted by atomic mass is 16.5. The first kappa shape index (κ1) is 30.6. The summed E-state index contributed by atoms with van der Waals surface area (Å²) < 4.78 is 12.1. The van der Waals surface area contributed by atoms with E-state index in [0.717, 1.165) is 32.7 Å². The largest absolute Gasteiger partial charge is 0.465 e. The van der Waals surface area contributed by atoms with Gasteiger partial charge < -0.3 is 9.47 Å². The van der Waals surface area contributed by atoms with Crippen molar-refractivity contribution in [3.8, 4) is 0 Å². The molecule has 1 heterocycles. The summed E-state index contributed by atoms with van der Waals surface area (Å²) in [5, 5.41) is 83.9. The van der Waals surface area contributed by atoms with Crippen LogP contribution in [0.1, 0.15) is 49.3 Å². The van der Waals surface area contributed by atoms with Crippen molar-refractivity contribution >= 4 is 286 Å². The van der Waals surface area contributed by atoms with E-state index in [2.05, 4.69) is 23.1 Å². The molecule has 0 amide bonds. The third-order valence-electron chi connectivity index (χ3n) is 26.7. The Kier molecular flexibility index (Phi) is 2.90. The lowest BCUT2D eigenvalue weighted by atomic mass is 9.55. The summed E-state index contributed by atoms with van der Waals surface area (Å²) in [4.78, 5) is 16.8. The molecule has 0 aromatic heterocycles. The first-order chi connectivity index (χ1) is 38.3. The Hall–Kier alpha value is -8.93. The maximum Gasteiger partial charge on any atom is 0.337 e. The van der Waals surface area contributed by atoms with Crippen LogP contribution < -0.4 is 0 Å². The summed E-state index contributed by atoms with van der Waals surface area (Å²) in [6, 6.07) is 8.72. The summed E-state index contributed by atoms with van der Waals surface area (Å²) in [6.45, 7) is 3.30. The van der Waals surface area contributed by atoms with Crippen LogP contribution in [0.2, 0.25) is 0 Å². The summed E-state index contributed by atoms with van der Waals surface area (Å²) in [7, 11) is 1.54. The van der Waals surface area contributed by atoms with Crippen LogP contribution in [-0.2, 0) is 26.8 Å². The zero-order valence-electron chi connectivity index (χ0n) is 40.0. The molecule has 6 aliphatic rings. The van der Waals surface area contributed by atoms with E-state index in [1.54, 1.807) is 321 Å². The molecule has 332 valence electrons. The molecule has 2 atom stereocenters. The Balaban J connectivity index is 1.09. The van der Waals surface area contributed by atoms with Crippen LogP contribution in [0.5, 0.6) is 0 Å². The third-order valence-corrected chi connectivity index (χ3v) is 26.7. The number of rotatable bonds is 4. The molecule has 5 aliphatic carbocycles. The fourth-order valence-corrected chi connectivity index (χ4v) is 26.2. The smallest absolute Gasteiger partial charge is 0.337 e. The lowest BCUT2D eigenvalue weighted by Gasteiger charge is -2.54. The minimum atomic E-state index is -0.508. The van der Waals surface area contributed by atoms with Gasteiger partial charge in [0.1, 0.15) is 5.54 Å². The van der Waals surface area contributed by atoms with Gasteiger partial charge >= 0.3 is 5.97 Å². The van der Waals surface area contributed by atoms with Gasteiger partial charge in [-0.25, -0.2) is 4.79 Å². The maximum atomic E-state index is 13.8. The lowest BCUT2D eigenvalue weighted by Crippen LogP contribution is -2.56. The molecule has 0 N–H and O–H groups in total. The van der Waals surface area contributed by atoms with Gasteiger partial charge in [0.05, 0.1) is 31.3 Å². The van der Waals surface area contributed by atoms with E-state index in [9.17, 15) is 4.79 Å². The summed E-state index contributed by atoms with van der Waals surface area (Å²) in [5.41, 5.74) is 10.7. The average molecular weight is 956 g/mol. The van der Waals surface area contributed by atoms with Crippen LogP contribution in [0.3, 0.4) is 0 Å². The molecule has 0 spiro atoms. The van der Waals surface area contributed by atoms with Crippen LogP contribution in [0, 0.1) is 0 Å². The summed E-state index contributed by atoms with van der Waals surface area (Å²) in [5.74, 6) is -0.256. The second-order valence-corrected chi connectivity index (χ2v) is 27.3. The number of carbonyl (C=O) groups excluding carboxylic acids is 1. The van der Waals surface area contributed by atoms with Gasteiger partial charge in [-0.15, -0.1) is 0 Å². The van der Waals surface area contributed by atoms with E-state index in [1.165, 1.54) is 5.56 Å². The molecule has 1 aliphatic heterocycles. The number of morpholine rings is 1. The molecule has 28 aromatic rings. The van der Waals surface area contributed by atoms with E-state index in [0.29, 0.717) is 5.56 Å². The van der Waals surface area contributed by atoms with Gasteiger partial charge in [-0.05, 0) is 338 Å². The Labute approximate surface area is 422 Å². The number of benzene rings is 18.